The zero-order chi connectivity index (χ0) is 30.5. The summed E-state index contributed by atoms with van der Waals surface area (Å²) in [5.74, 6) is -1.39. The summed E-state index contributed by atoms with van der Waals surface area (Å²) < 4.78 is 36.4. The van der Waals surface area contributed by atoms with Crippen molar-refractivity contribution in [1.82, 2.24) is 9.80 Å². The fourth-order valence-corrected chi connectivity index (χ4v) is 3.88. The van der Waals surface area contributed by atoms with Crippen molar-refractivity contribution in [2.75, 3.05) is 19.6 Å². The fraction of sp³-hybridized carbons (Fsp3) is 0.312. The van der Waals surface area contributed by atoms with Gasteiger partial charge in [0.25, 0.3) is 23.6 Å². The summed E-state index contributed by atoms with van der Waals surface area (Å²) in [5, 5.41) is 0. The SMILES string of the molecule is C.CC/C(=C/F)CN.CC/C(=C/F)CN1C(=O)c2ccccc2C1=O.CC/C(=C/F)CN1C(=O)c2ccccc2C1=O. The molecule has 0 bridgehead atoms. The van der Waals surface area contributed by atoms with Crippen LogP contribution in [-0.4, -0.2) is 53.1 Å². The van der Waals surface area contributed by atoms with Gasteiger partial charge in [-0.05, 0) is 60.2 Å². The Morgan fingerprint density at radius 3 is 1.02 bits per heavy atom. The second-order valence-corrected chi connectivity index (χ2v) is 9.05. The molecule has 4 rings (SSSR count). The van der Waals surface area contributed by atoms with E-state index in [0.29, 0.717) is 83.8 Å². The van der Waals surface area contributed by atoms with Gasteiger partial charge in [0, 0.05) is 6.54 Å². The van der Waals surface area contributed by atoms with Gasteiger partial charge in [-0.15, -0.1) is 0 Å². The van der Waals surface area contributed by atoms with Crippen LogP contribution in [0.15, 0.2) is 84.2 Å². The van der Waals surface area contributed by atoms with E-state index >= 15 is 0 Å². The van der Waals surface area contributed by atoms with Crippen molar-refractivity contribution in [3.8, 4) is 0 Å². The average Bonchev–Trinajstić information content (AvgIpc) is 3.40. The van der Waals surface area contributed by atoms with Crippen LogP contribution in [0.25, 0.3) is 0 Å². The molecule has 10 heteroatoms. The van der Waals surface area contributed by atoms with Gasteiger partial charge in [-0.25, -0.2) is 13.2 Å². The highest BCUT2D eigenvalue weighted by Gasteiger charge is 2.36. The molecule has 0 saturated carbocycles. The summed E-state index contributed by atoms with van der Waals surface area (Å²) in [6.45, 7) is 5.83. The third-order valence-corrected chi connectivity index (χ3v) is 6.57. The highest BCUT2D eigenvalue weighted by atomic mass is 19.1. The van der Waals surface area contributed by atoms with Crippen molar-refractivity contribution >= 4 is 23.6 Å². The minimum absolute atomic E-state index is 0. The maximum atomic E-state index is 12.5. The van der Waals surface area contributed by atoms with Crippen LogP contribution >= 0.6 is 0 Å². The van der Waals surface area contributed by atoms with Crippen LogP contribution < -0.4 is 5.73 Å². The molecule has 7 nitrogen and oxygen atoms in total. The molecular formula is C32H38F3N3O4. The molecule has 2 aliphatic rings. The minimum Gasteiger partial charge on any atom is -0.327 e. The Hall–Kier alpha value is -4.31. The van der Waals surface area contributed by atoms with Gasteiger partial charge in [0.05, 0.1) is 54.3 Å². The van der Waals surface area contributed by atoms with E-state index in [1.165, 1.54) is 0 Å². The second kappa shape index (κ2) is 17.5. The molecule has 4 amide bonds. The van der Waals surface area contributed by atoms with Crippen molar-refractivity contribution in [3.63, 3.8) is 0 Å². The first-order valence-corrected chi connectivity index (χ1v) is 13.2. The summed E-state index contributed by atoms with van der Waals surface area (Å²) in [7, 11) is 0. The van der Waals surface area contributed by atoms with E-state index in [1.54, 1.807) is 62.4 Å². The summed E-state index contributed by atoms with van der Waals surface area (Å²) in [6, 6.07) is 13.3. The van der Waals surface area contributed by atoms with Crippen molar-refractivity contribution in [2.45, 2.75) is 47.5 Å². The lowest BCUT2D eigenvalue weighted by Crippen LogP contribution is -2.31. The number of hydrogen-bond donors (Lipinski definition) is 1. The molecule has 2 aromatic rings. The van der Waals surface area contributed by atoms with Gasteiger partial charge in [-0.3, -0.25) is 29.0 Å². The normalized spacial score (nSPS) is 14.5. The van der Waals surface area contributed by atoms with Crippen molar-refractivity contribution in [3.05, 3.63) is 106 Å². The molecular weight excluding hydrogens is 547 g/mol. The molecule has 226 valence electrons. The molecule has 0 unspecified atom stereocenters. The number of halogens is 3. The van der Waals surface area contributed by atoms with Crippen molar-refractivity contribution in [2.24, 2.45) is 5.73 Å². The van der Waals surface area contributed by atoms with Crippen LogP contribution in [-0.2, 0) is 0 Å². The number of carbonyl (C=O) groups excluding carboxylic acids is 4. The van der Waals surface area contributed by atoms with E-state index in [-0.39, 0.29) is 44.1 Å². The zero-order valence-corrected chi connectivity index (χ0v) is 23.3. The smallest absolute Gasteiger partial charge is 0.261 e. The van der Waals surface area contributed by atoms with Crippen LogP contribution in [0.2, 0.25) is 0 Å². The Labute approximate surface area is 245 Å². The number of carbonyl (C=O) groups is 4. The summed E-state index contributed by atoms with van der Waals surface area (Å²) in [4.78, 5) is 49.9. The second-order valence-electron chi connectivity index (χ2n) is 9.05. The first-order chi connectivity index (χ1) is 19.7. The molecule has 0 aliphatic carbocycles. The van der Waals surface area contributed by atoms with E-state index in [0.717, 1.165) is 9.80 Å². The predicted molar refractivity (Wildman–Crippen MR) is 158 cm³/mol. The summed E-state index contributed by atoms with van der Waals surface area (Å²) in [5.41, 5.74) is 8.19. The van der Waals surface area contributed by atoms with E-state index in [4.69, 9.17) is 5.73 Å². The van der Waals surface area contributed by atoms with Crippen LogP contribution in [0.3, 0.4) is 0 Å². The largest absolute Gasteiger partial charge is 0.327 e. The number of fused-ring (bicyclic) bond motifs is 2. The standard InChI is InChI=1S/2C13H12FNO2.C5H10FN.CH4/c2*1-2-9(7-14)8-15-12(16)10-5-3-4-6-11(10)13(15)17;1-2-5(3-6)4-7;/h2*3-7H,2,8H2,1H3;3H,2,4,7H2,1H3;1H4/b2*9-7-;5-3-;. The first kappa shape index (κ1) is 35.7. The quantitative estimate of drug-likeness (QED) is 0.339. The number of rotatable bonds is 8. The van der Waals surface area contributed by atoms with Gasteiger partial charge in [0.1, 0.15) is 0 Å². The van der Waals surface area contributed by atoms with Crippen molar-refractivity contribution in [1.29, 1.82) is 0 Å². The lowest BCUT2D eigenvalue weighted by molar-refractivity contribution is 0.0651. The molecule has 0 fully saturated rings. The van der Waals surface area contributed by atoms with Gasteiger partial charge in [-0.2, -0.15) is 0 Å². The number of nitrogens with two attached hydrogens (primary N) is 1. The fourth-order valence-electron chi connectivity index (χ4n) is 3.88. The van der Waals surface area contributed by atoms with Crippen LogP contribution in [0.1, 0.15) is 88.9 Å². The van der Waals surface area contributed by atoms with Gasteiger partial charge >= 0.3 is 0 Å². The number of hydrogen-bond acceptors (Lipinski definition) is 5. The van der Waals surface area contributed by atoms with Gasteiger partial charge < -0.3 is 5.73 Å². The highest BCUT2D eigenvalue weighted by Crippen LogP contribution is 2.25. The molecule has 2 N–H and O–H groups in total. The number of imide groups is 2. The lowest BCUT2D eigenvalue weighted by atomic mass is 10.1. The summed E-state index contributed by atoms with van der Waals surface area (Å²) >= 11 is 0. The van der Waals surface area contributed by atoms with E-state index in [2.05, 4.69) is 0 Å². The Kier molecular flexibility index (Phi) is 14.9. The van der Waals surface area contributed by atoms with E-state index in [1.807, 2.05) is 6.92 Å². The Morgan fingerprint density at radius 1 is 0.595 bits per heavy atom. The molecule has 2 heterocycles. The number of nitrogens with zero attached hydrogens (tertiary/aromatic N) is 2. The van der Waals surface area contributed by atoms with E-state index < -0.39 is 0 Å². The lowest BCUT2D eigenvalue weighted by Gasteiger charge is -2.14. The maximum absolute atomic E-state index is 12.5. The molecule has 0 spiro atoms. The third kappa shape index (κ3) is 8.36. The molecule has 0 saturated heterocycles. The van der Waals surface area contributed by atoms with Crippen LogP contribution in [0, 0.1) is 0 Å². The molecule has 42 heavy (non-hydrogen) atoms. The van der Waals surface area contributed by atoms with Gasteiger partial charge in [0.15, 0.2) is 0 Å². The predicted octanol–water partition coefficient (Wildman–Crippen LogP) is 6.94. The Morgan fingerprint density at radius 2 is 0.857 bits per heavy atom. The Balaban J connectivity index is 0.000000338. The van der Waals surface area contributed by atoms with Crippen LogP contribution in [0.5, 0.6) is 0 Å². The maximum Gasteiger partial charge on any atom is 0.261 e. The molecule has 0 radical (unpaired) electrons. The molecule has 2 aromatic carbocycles. The number of benzene rings is 2. The third-order valence-electron chi connectivity index (χ3n) is 6.57. The van der Waals surface area contributed by atoms with Crippen molar-refractivity contribution < 1.29 is 32.3 Å². The van der Waals surface area contributed by atoms with Gasteiger partial charge in [0.2, 0.25) is 0 Å². The van der Waals surface area contributed by atoms with Crippen LogP contribution in [0.4, 0.5) is 13.2 Å². The monoisotopic (exact) mass is 585 g/mol. The minimum atomic E-state index is -0.349. The first-order valence-electron chi connectivity index (χ1n) is 13.2. The molecule has 0 aromatic heterocycles. The zero-order valence-electron chi connectivity index (χ0n) is 23.3. The summed E-state index contributed by atoms with van der Waals surface area (Å²) in [6.07, 6.45) is 3.16. The number of amides is 4. The molecule has 2 aliphatic heterocycles. The Bertz CT molecular complexity index is 1200. The topological polar surface area (TPSA) is 101 Å². The van der Waals surface area contributed by atoms with E-state index in [9.17, 15) is 32.3 Å². The van der Waals surface area contributed by atoms with Gasteiger partial charge in [-0.1, -0.05) is 52.5 Å². The highest BCUT2D eigenvalue weighted by molar-refractivity contribution is 6.22. The molecule has 0 atom stereocenters. The average molecular weight is 586 g/mol.